The van der Waals surface area contributed by atoms with E-state index in [1.54, 1.807) is 0 Å². The predicted molar refractivity (Wildman–Crippen MR) is 102 cm³/mol. The molecule has 0 aromatic carbocycles. The van der Waals surface area contributed by atoms with Crippen molar-refractivity contribution in [3.63, 3.8) is 0 Å². The zero-order valence-electron chi connectivity index (χ0n) is 15.4. The maximum atomic E-state index is 12.6. The van der Waals surface area contributed by atoms with E-state index in [1.165, 1.54) is 43.5 Å². The molecule has 1 aliphatic carbocycles. The first-order valence-corrected chi connectivity index (χ1v) is 11.1. The Kier molecular flexibility index (Phi) is 5.86. The molecule has 0 spiro atoms. The molecule has 7 heteroatoms. The zero-order valence-corrected chi connectivity index (χ0v) is 16.2. The number of nitrogens with zero attached hydrogens (tertiary/aromatic N) is 2. The average Bonchev–Trinajstić information content (AvgIpc) is 3.38. The van der Waals surface area contributed by atoms with Crippen LogP contribution in [0, 0.1) is 0 Å². The van der Waals surface area contributed by atoms with Crippen LogP contribution in [0.4, 0.5) is 0 Å². The molecule has 2 saturated heterocycles. The van der Waals surface area contributed by atoms with Gasteiger partial charge in [0.1, 0.15) is 6.26 Å². The quantitative estimate of drug-likeness (QED) is 0.848. The SMILES string of the molecule is O=C(NCC1(N2CCSCC2)CCCC1)c1coc(C2CCOCC2)n1. The number of rotatable bonds is 5. The summed E-state index contributed by atoms with van der Waals surface area (Å²) < 4.78 is 11.0. The number of amides is 1. The van der Waals surface area contributed by atoms with Crippen molar-refractivity contribution in [2.45, 2.75) is 50.0 Å². The molecule has 3 fully saturated rings. The summed E-state index contributed by atoms with van der Waals surface area (Å²) in [6.45, 7) is 4.48. The van der Waals surface area contributed by atoms with Gasteiger partial charge < -0.3 is 14.5 Å². The highest BCUT2D eigenvalue weighted by Gasteiger charge is 2.40. The first kappa shape index (κ1) is 18.3. The fourth-order valence-corrected chi connectivity index (χ4v) is 5.44. The van der Waals surface area contributed by atoms with Gasteiger partial charge in [-0.2, -0.15) is 11.8 Å². The Morgan fingerprint density at radius 3 is 2.73 bits per heavy atom. The van der Waals surface area contributed by atoms with Gasteiger partial charge in [0.05, 0.1) is 0 Å². The van der Waals surface area contributed by atoms with Gasteiger partial charge in [0.15, 0.2) is 11.6 Å². The Bertz CT molecular complexity index is 603. The summed E-state index contributed by atoms with van der Waals surface area (Å²) in [6, 6.07) is 0. The highest BCUT2D eigenvalue weighted by Crippen LogP contribution is 2.36. The second-order valence-electron chi connectivity index (χ2n) is 7.67. The molecule has 1 aromatic rings. The summed E-state index contributed by atoms with van der Waals surface area (Å²) in [5.74, 6) is 3.25. The fraction of sp³-hybridized carbons (Fsp3) is 0.789. The molecule has 0 bridgehead atoms. The van der Waals surface area contributed by atoms with E-state index >= 15 is 0 Å². The Hall–Kier alpha value is -1.05. The lowest BCUT2D eigenvalue weighted by Gasteiger charge is -2.43. The first-order valence-electron chi connectivity index (χ1n) is 9.91. The molecule has 2 aliphatic heterocycles. The van der Waals surface area contributed by atoms with Crippen LogP contribution in [0.15, 0.2) is 10.7 Å². The molecule has 3 heterocycles. The van der Waals surface area contributed by atoms with Crippen LogP contribution in [0.3, 0.4) is 0 Å². The summed E-state index contributed by atoms with van der Waals surface area (Å²) in [5.41, 5.74) is 0.554. The van der Waals surface area contributed by atoms with Crippen molar-refractivity contribution in [3.05, 3.63) is 17.8 Å². The largest absolute Gasteiger partial charge is 0.448 e. The third-order valence-corrected chi connectivity index (χ3v) is 7.06. The molecule has 3 aliphatic rings. The van der Waals surface area contributed by atoms with Gasteiger partial charge in [0.25, 0.3) is 5.91 Å². The van der Waals surface area contributed by atoms with Gasteiger partial charge >= 0.3 is 0 Å². The number of carbonyl (C=O) groups excluding carboxylic acids is 1. The van der Waals surface area contributed by atoms with Crippen LogP contribution in [0.2, 0.25) is 0 Å². The molecule has 1 saturated carbocycles. The molecule has 0 unspecified atom stereocenters. The Morgan fingerprint density at radius 2 is 2.00 bits per heavy atom. The van der Waals surface area contributed by atoms with Crippen LogP contribution in [0.25, 0.3) is 0 Å². The van der Waals surface area contributed by atoms with Crippen molar-refractivity contribution in [2.24, 2.45) is 0 Å². The molecule has 0 atom stereocenters. The van der Waals surface area contributed by atoms with Crippen molar-refractivity contribution in [2.75, 3.05) is 44.4 Å². The molecule has 0 radical (unpaired) electrons. The fourth-order valence-electron chi connectivity index (χ4n) is 4.53. The number of oxazole rings is 1. The Balaban J connectivity index is 1.37. The van der Waals surface area contributed by atoms with E-state index in [0.29, 0.717) is 11.6 Å². The first-order chi connectivity index (χ1) is 12.8. The predicted octanol–water partition coefficient (Wildman–Crippen LogP) is 2.66. The van der Waals surface area contributed by atoms with Crippen molar-refractivity contribution >= 4 is 17.7 Å². The highest BCUT2D eigenvalue weighted by atomic mass is 32.2. The van der Waals surface area contributed by atoms with Crippen LogP contribution in [0.1, 0.15) is 60.8 Å². The minimum Gasteiger partial charge on any atom is -0.448 e. The summed E-state index contributed by atoms with van der Waals surface area (Å²) >= 11 is 2.03. The van der Waals surface area contributed by atoms with E-state index in [2.05, 4.69) is 15.2 Å². The average molecular weight is 380 g/mol. The van der Waals surface area contributed by atoms with Crippen LogP contribution < -0.4 is 5.32 Å². The van der Waals surface area contributed by atoms with Crippen molar-refractivity contribution in [3.8, 4) is 0 Å². The minimum atomic E-state index is -0.107. The van der Waals surface area contributed by atoms with E-state index in [9.17, 15) is 4.79 Å². The second kappa shape index (κ2) is 8.31. The number of hydrogen-bond acceptors (Lipinski definition) is 6. The smallest absolute Gasteiger partial charge is 0.273 e. The molecule has 1 aromatic heterocycles. The van der Waals surface area contributed by atoms with Gasteiger partial charge in [0.2, 0.25) is 0 Å². The lowest BCUT2D eigenvalue weighted by atomic mass is 9.94. The van der Waals surface area contributed by atoms with Gasteiger partial charge in [-0.25, -0.2) is 4.98 Å². The normalized spacial score (nSPS) is 24.6. The Labute approximate surface area is 159 Å². The van der Waals surface area contributed by atoms with Gasteiger partial charge in [-0.3, -0.25) is 9.69 Å². The third-order valence-electron chi connectivity index (χ3n) is 6.12. The summed E-state index contributed by atoms with van der Waals surface area (Å²) in [4.78, 5) is 19.7. The Morgan fingerprint density at radius 1 is 1.27 bits per heavy atom. The number of carbonyl (C=O) groups is 1. The molecule has 1 amide bonds. The third kappa shape index (κ3) is 3.94. The monoisotopic (exact) mass is 379 g/mol. The molecule has 4 rings (SSSR count). The number of nitrogens with one attached hydrogen (secondary N) is 1. The standard InChI is InChI=1S/C19H29N3O3S/c23-17(16-13-25-18(21-16)15-3-9-24-10-4-15)20-14-19(5-1-2-6-19)22-7-11-26-12-8-22/h13,15H,1-12,14H2,(H,20,23). The molecule has 144 valence electrons. The van der Waals surface area contributed by atoms with E-state index < -0.39 is 0 Å². The van der Waals surface area contributed by atoms with Crippen molar-refractivity contribution < 1.29 is 13.9 Å². The molecule has 6 nitrogen and oxygen atoms in total. The molecular formula is C19H29N3O3S. The summed E-state index contributed by atoms with van der Waals surface area (Å²) in [7, 11) is 0. The zero-order chi connectivity index (χ0) is 17.8. The molecule has 1 N–H and O–H groups in total. The summed E-state index contributed by atoms with van der Waals surface area (Å²) in [6.07, 6.45) is 8.23. The van der Waals surface area contributed by atoms with Crippen LogP contribution in [-0.4, -0.2) is 65.7 Å². The number of thioether (sulfide) groups is 1. The summed E-state index contributed by atoms with van der Waals surface area (Å²) in [5, 5.41) is 3.16. The van der Waals surface area contributed by atoms with E-state index in [1.807, 2.05) is 11.8 Å². The van der Waals surface area contributed by atoms with E-state index in [0.717, 1.165) is 45.7 Å². The lowest BCUT2D eigenvalue weighted by Crippen LogP contribution is -2.56. The topological polar surface area (TPSA) is 67.6 Å². The minimum absolute atomic E-state index is 0.107. The number of ether oxygens (including phenoxy) is 1. The van der Waals surface area contributed by atoms with Crippen LogP contribution in [0.5, 0.6) is 0 Å². The molecule has 26 heavy (non-hydrogen) atoms. The number of aromatic nitrogens is 1. The van der Waals surface area contributed by atoms with Gasteiger partial charge in [-0.1, -0.05) is 12.8 Å². The molecular weight excluding hydrogens is 350 g/mol. The maximum Gasteiger partial charge on any atom is 0.273 e. The second-order valence-corrected chi connectivity index (χ2v) is 8.90. The maximum absolute atomic E-state index is 12.6. The lowest BCUT2D eigenvalue weighted by molar-refractivity contribution is 0.0793. The van der Waals surface area contributed by atoms with E-state index in [4.69, 9.17) is 9.15 Å². The van der Waals surface area contributed by atoms with Crippen molar-refractivity contribution in [1.29, 1.82) is 0 Å². The van der Waals surface area contributed by atoms with Gasteiger partial charge in [-0.15, -0.1) is 0 Å². The van der Waals surface area contributed by atoms with Gasteiger partial charge in [0, 0.05) is 55.8 Å². The van der Waals surface area contributed by atoms with E-state index in [-0.39, 0.29) is 17.4 Å². The van der Waals surface area contributed by atoms with Crippen LogP contribution in [-0.2, 0) is 4.74 Å². The van der Waals surface area contributed by atoms with Gasteiger partial charge in [-0.05, 0) is 25.7 Å². The highest BCUT2D eigenvalue weighted by molar-refractivity contribution is 7.99. The van der Waals surface area contributed by atoms with Crippen LogP contribution >= 0.6 is 11.8 Å². The van der Waals surface area contributed by atoms with Crippen molar-refractivity contribution in [1.82, 2.24) is 15.2 Å². The number of hydrogen-bond donors (Lipinski definition) is 1.